The Morgan fingerprint density at radius 3 is 2.67 bits per heavy atom. The minimum atomic E-state index is -1.46. The molecule has 4 aliphatic rings. The molecule has 1 fully saturated rings. The Morgan fingerprint density at radius 1 is 1.20 bits per heavy atom. The van der Waals surface area contributed by atoms with Crippen LogP contribution in [0.15, 0.2) is 69.3 Å². The second kappa shape index (κ2) is 14.2. The number of allylic oxidation sites excluding steroid dienone is 1. The maximum Gasteiger partial charge on any atom is 0.336 e. The van der Waals surface area contributed by atoms with Crippen LogP contribution in [0, 0.1) is 16.0 Å². The van der Waals surface area contributed by atoms with Gasteiger partial charge in [0.15, 0.2) is 5.90 Å². The molecule has 244 valence electrons. The average molecular weight is 637 g/mol. The number of rotatable bonds is 11. The number of carbonyl (C=O) groups is 3. The van der Waals surface area contributed by atoms with Crippen molar-refractivity contribution in [1.29, 1.82) is 0 Å². The summed E-state index contributed by atoms with van der Waals surface area (Å²) < 4.78 is 27.4. The predicted octanol–water partition coefficient (Wildman–Crippen LogP) is 3.08. The Kier molecular flexibility index (Phi) is 10.1. The van der Waals surface area contributed by atoms with Crippen molar-refractivity contribution in [2.45, 2.75) is 50.4 Å². The number of nitrogens with zero attached hydrogens (tertiary/aromatic N) is 3. The van der Waals surface area contributed by atoms with Crippen molar-refractivity contribution in [1.82, 2.24) is 5.32 Å². The van der Waals surface area contributed by atoms with E-state index in [1.54, 1.807) is 13.0 Å². The largest absolute Gasteiger partial charge is 0.468 e. The number of para-hydroxylation sites is 1. The number of nitrogens with one attached hydrogen (secondary N) is 1. The Morgan fingerprint density at radius 2 is 1.98 bits per heavy atom. The molecule has 0 bridgehead atoms. The summed E-state index contributed by atoms with van der Waals surface area (Å²) in [5.74, 6) is -5.26. The van der Waals surface area contributed by atoms with Crippen LogP contribution in [0.4, 0.5) is 5.69 Å². The molecule has 1 aromatic rings. The molecule has 0 spiro atoms. The summed E-state index contributed by atoms with van der Waals surface area (Å²) >= 11 is 0. The van der Waals surface area contributed by atoms with Crippen LogP contribution in [-0.4, -0.2) is 86.8 Å². The second-order valence-electron chi connectivity index (χ2n) is 11.1. The molecule has 14 heteroatoms. The summed E-state index contributed by atoms with van der Waals surface area (Å²) in [5.41, 5.74) is 1.46. The van der Waals surface area contributed by atoms with E-state index in [1.165, 1.54) is 38.0 Å². The van der Waals surface area contributed by atoms with Gasteiger partial charge in [0.1, 0.15) is 5.92 Å². The predicted molar refractivity (Wildman–Crippen MR) is 164 cm³/mol. The molecule has 1 N–H and O–H groups in total. The Bertz CT molecular complexity index is 1560. The first kappa shape index (κ1) is 32.7. The van der Waals surface area contributed by atoms with Gasteiger partial charge in [-0.3, -0.25) is 24.7 Å². The number of ether oxygens (including phenoxy) is 5. The van der Waals surface area contributed by atoms with E-state index in [2.05, 4.69) is 27.5 Å². The topological polar surface area (TPSA) is 177 Å². The van der Waals surface area contributed by atoms with Gasteiger partial charge < -0.3 is 29.0 Å². The number of nitro groups is 1. The number of dihydropyridines is 1. The maximum absolute atomic E-state index is 13.1. The zero-order chi connectivity index (χ0) is 32.8. The van der Waals surface area contributed by atoms with E-state index in [-0.39, 0.29) is 54.0 Å². The van der Waals surface area contributed by atoms with Gasteiger partial charge in [-0.25, -0.2) is 9.79 Å². The minimum Gasteiger partial charge on any atom is -0.468 e. The van der Waals surface area contributed by atoms with Crippen LogP contribution in [0.1, 0.15) is 44.1 Å². The van der Waals surface area contributed by atoms with Crippen LogP contribution in [-0.2, 0) is 38.1 Å². The van der Waals surface area contributed by atoms with E-state index in [4.69, 9.17) is 23.7 Å². The van der Waals surface area contributed by atoms with Gasteiger partial charge in [-0.2, -0.15) is 0 Å². The molecule has 0 saturated carbocycles. The van der Waals surface area contributed by atoms with Crippen LogP contribution >= 0.6 is 0 Å². The molecule has 3 heterocycles. The first-order valence-corrected chi connectivity index (χ1v) is 15.0. The minimum absolute atomic E-state index is 0.0187. The first-order valence-electron chi connectivity index (χ1n) is 15.0. The molecule has 1 aromatic carbocycles. The molecular formula is C32H36N4O10. The van der Waals surface area contributed by atoms with Gasteiger partial charge in [0.25, 0.3) is 17.4 Å². The van der Waals surface area contributed by atoms with E-state index < -0.39 is 40.4 Å². The Hall–Kier alpha value is -4.69. The molecule has 4 atom stereocenters. The standard InChI is InChI=1S/C32H36N4O10/c1-19-26(29(37)42-2)27(21-9-5-7-11-24(21)36(40)41)28(30(38)43-3)23(34-19)18-44-17-15-33-31(39)32(14-16-45-32)46-25-13-12-20-8-4-6-10-22(20)35-25/h5-7,9-12,22,26-27H,4,8,13-18H2,1-3H3,(H,33,39). The number of esters is 2. The molecule has 1 saturated heterocycles. The molecule has 46 heavy (non-hydrogen) atoms. The number of benzene rings is 1. The van der Waals surface area contributed by atoms with E-state index >= 15 is 0 Å². The van der Waals surface area contributed by atoms with Crippen molar-refractivity contribution >= 4 is 35.1 Å². The number of aliphatic imine (C=N–C) groups is 2. The number of amides is 1. The highest BCUT2D eigenvalue weighted by atomic mass is 16.7. The van der Waals surface area contributed by atoms with Crippen molar-refractivity contribution in [3.63, 3.8) is 0 Å². The van der Waals surface area contributed by atoms with Crippen molar-refractivity contribution in [2.75, 3.05) is 40.6 Å². The number of fused-ring (bicyclic) bond motifs is 1. The molecule has 5 rings (SSSR count). The molecule has 1 aliphatic carbocycles. The molecule has 0 radical (unpaired) electrons. The zero-order valence-corrected chi connectivity index (χ0v) is 25.9. The van der Waals surface area contributed by atoms with Crippen molar-refractivity contribution in [2.24, 2.45) is 15.9 Å². The average Bonchev–Trinajstić information content (AvgIpc) is 3.04. The summed E-state index contributed by atoms with van der Waals surface area (Å²) in [6.45, 7) is 1.84. The monoisotopic (exact) mass is 636 g/mol. The van der Waals surface area contributed by atoms with Gasteiger partial charge in [-0.05, 0) is 25.3 Å². The lowest BCUT2D eigenvalue weighted by Crippen LogP contribution is -2.59. The smallest absolute Gasteiger partial charge is 0.336 e. The highest BCUT2D eigenvalue weighted by Crippen LogP contribution is 2.43. The molecule has 0 aromatic heterocycles. The lowest BCUT2D eigenvalue weighted by atomic mass is 9.75. The van der Waals surface area contributed by atoms with Crippen LogP contribution in [0.3, 0.4) is 0 Å². The van der Waals surface area contributed by atoms with Gasteiger partial charge in [0.05, 0.1) is 56.3 Å². The van der Waals surface area contributed by atoms with Gasteiger partial charge in [0.2, 0.25) is 0 Å². The highest BCUT2D eigenvalue weighted by Gasteiger charge is 2.50. The summed E-state index contributed by atoms with van der Waals surface area (Å²) in [7, 11) is 2.35. The summed E-state index contributed by atoms with van der Waals surface area (Å²) in [5, 5.41) is 14.7. The molecule has 14 nitrogen and oxygen atoms in total. The summed E-state index contributed by atoms with van der Waals surface area (Å²) in [6.07, 6.45) is 9.02. The highest BCUT2D eigenvalue weighted by molar-refractivity contribution is 6.07. The number of hydrogen-bond acceptors (Lipinski definition) is 12. The summed E-state index contributed by atoms with van der Waals surface area (Å²) in [6, 6.07) is 5.77. The SMILES string of the molecule is COC(=O)C1=C(COCCNC(=O)C2(OC3=NC4C=CCCC4=CC3)CCO2)N=C(C)C(C(=O)OC)C1c1ccccc1[N+](=O)[O-]. The number of methoxy groups -OCH3 is 2. The van der Waals surface area contributed by atoms with Crippen LogP contribution in [0.25, 0.3) is 0 Å². The number of carbonyl (C=O) groups excluding carboxylic acids is 3. The third-order valence-corrected chi connectivity index (χ3v) is 8.33. The number of hydrogen-bond donors (Lipinski definition) is 1. The zero-order valence-electron chi connectivity index (χ0n) is 25.9. The number of nitro benzene ring substituents is 1. The first-order chi connectivity index (χ1) is 22.2. The lowest BCUT2D eigenvalue weighted by Gasteiger charge is -2.40. The molecule has 1 amide bonds. The van der Waals surface area contributed by atoms with E-state index in [9.17, 15) is 24.5 Å². The maximum atomic E-state index is 13.1. The Balaban J connectivity index is 1.27. The molecule has 3 aliphatic heterocycles. The third-order valence-electron chi connectivity index (χ3n) is 8.33. The summed E-state index contributed by atoms with van der Waals surface area (Å²) in [4.78, 5) is 59.6. The van der Waals surface area contributed by atoms with Crippen LogP contribution in [0.2, 0.25) is 0 Å². The van der Waals surface area contributed by atoms with Crippen molar-refractivity contribution in [3.05, 3.63) is 75.0 Å². The second-order valence-corrected chi connectivity index (χ2v) is 11.1. The van der Waals surface area contributed by atoms with Gasteiger partial charge in [-0.15, -0.1) is 0 Å². The van der Waals surface area contributed by atoms with E-state index in [1.807, 2.05) is 6.08 Å². The fourth-order valence-electron chi connectivity index (χ4n) is 5.99. The van der Waals surface area contributed by atoms with E-state index in [0.29, 0.717) is 25.3 Å². The Labute approximate surface area is 265 Å². The fourth-order valence-corrected chi connectivity index (χ4v) is 5.99. The van der Waals surface area contributed by atoms with E-state index in [0.717, 1.165) is 12.8 Å². The fraction of sp³-hybridized carbons (Fsp3) is 0.469. The van der Waals surface area contributed by atoms with Gasteiger partial charge in [0, 0.05) is 42.6 Å². The third kappa shape index (κ3) is 6.63. The van der Waals surface area contributed by atoms with Gasteiger partial charge in [-0.1, -0.05) is 36.4 Å². The van der Waals surface area contributed by atoms with Crippen molar-refractivity contribution in [3.8, 4) is 0 Å². The quantitative estimate of drug-likeness (QED) is 0.125. The molecular weight excluding hydrogens is 600 g/mol. The van der Waals surface area contributed by atoms with Crippen molar-refractivity contribution < 1.29 is 43.0 Å². The van der Waals surface area contributed by atoms with Crippen LogP contribution < -0.4 is 5.32 Å². The van der Waals surface area contributed by atoms with Crippen LogP contribution in [0.5, 0.6) is 0 Å². The van der Waals surface area contributed by atoms with Gasteiger partial charge >= 0.3 is 11.9 Å². The molecule has 4 unspecified atom stereocenters. The normalized spacial score (nSPS) is 25.2. The lowest BCUT2D eigenvalue weighted by molar-refractivity contribution is -0.385.